The summed E-state index contributed by atoms with van der Waals surface area (Å²) in [5.41, 5.74) is 2.63. The topological polar surface area (TPSA) is 58.6 Å². The maximum Gasteiger partial charge on any atom is 0.240 e. The monoisotopic (exact) mass is 400 g/mol. The average Bonchev–Trinajstić information content (AvgIpc) is 3.37. The van der Waals surface area contributed by atoms with E-state index in [1.54, 1.807) is 7.11 Å². The zero-order valence-corrected chi connectivity index (χ0v) is 17.2. The smallest absolute Gasteiger partial charge is 0.240 e. The number of aryl methyl sites for hydroxylation is 1. The molecule has 0 bridgehead atoms. The fraction of sp³-hybridized carbons (Fsp3) is 0.591. The molecule has 150 valence electrons. The molecule has 0 spiro atoms. The third kappa shape index (κ3) is 3.85. The van der Waals surface area contributed by atoms with E-state index in [0.29, 0.717) is 23.7 Å². The number of rotatable bonds is 5. The third-order valence-electron chi connectivity index (χ3n) is 6.44. The van der Waals surface area contributed by atoms with Gasteiger partial charge < -0.3 is 15.0 Å². The minimum atomic E-state index is -0.460. The van der Waals surface area contributed by atoms with E-state index in [9.17, 15) is 9.59 Å². The lowest BCUT2D eigenvalue weighted by atomic mass is 9.79. The summed E-state index contributed by atoms with van der Waals surface area (Å²) in [5.74, 6) is 0.949. The largest absolute Gasteiger partial charge is 0.497 e. The Balaban J connectivity index is 1.42. The Morgan fingerprint density at radius 2 is 2.04 bits per heavy atom. The number of ketones is 1. The Morgan fingerprint density at radius 1 is 1.25 bits per heavy atom. The number of amides is 1. The van der Waals surface area contributed by atoms with Crippen LogP contribution in [0, 0.1) is 11.8 Å². The number of carbonyl (C=O) groups is 2. The number of hydrogen-bond acceptors (Lipinski definition) is 5. The van der Waals surface area contributed by atoms with Crippen LogP contribution in [-0.2, 0) is 22.4 Å². The number of carbonyl (C=O) groups excluding carboxylic acids is 2. The van der Waals surface area contributed by atoms with Crippen LogP contribution < -0.4 is 10.1 Å². The average molecular weight is 401 g/mol. The lowest BCUT2D eigenvalue weighted by Gasteiger charge is -2.27. The Hall–Kier alpha value is -1.79. The molecule has 0 saturated carbocycles. The van der Waals surface area contributed by atoms with Crippen LogP contribution in [0.5, 0.6) is 5.75 Å². The van der Waals surface area contributed by atoms with E-state index in [0.717, 1.165) is 50.9 Å². The van der Waals surface area contributed by atoms with Gasteiger partial charge in [0.05, 0.1) is 13.0 Å². The molecule has 4 rings (SSSR count). The highest BCUT2D eigenvalue weighted by atomic mass is 32.1. The molecule has 0 radical (unpaired) electrons. The van der Waals surface area contributed by atoms with Crippen molar-refractivity contribution in [2.24, 2.45) is 11.8 Å². The molecule has 2 fully saturated rings. The van der Waals surface area contributed by atoms with Gasteiger partial charge in [-0.15, -0.1) is 0 Å². The van der Waals surface area contributed by atoms with Gasteiger partial charge in [-0.25, -0.2) is 0 Å². The summed E-state index contributed by atoms with van der Waals surface area (Å²) in [6.45, 7) is 2.09. The Bertz CT molecular complexity index is 788. The summed E-state index contributed by atoms with van der Waals surface area (Å²) in [6, 6.07) is 5.75. The molecule has 1 aliphatic carbocycles. The second-order valence-corrected chi connectivity index (χ2v) is 8.77. The number of nitrogens with zero attached hydrogens (tertiary/aromatic N) is 1. The van der Waals surface area contributed by atoms with Crippen molar-refractivity contribution in [3.63, 3.8) is 0 Å². The first-order valence-electron chi connectivity index (χ1n) is 10.3. The first-order chi connectivity index (χ1) is 13.6. The van der Waals surface area contributed by atoms with Crippen LogP contribution in [0.4, 0.5) is 0 Å². The van der Waals surface area contributed by atoms with E-state index >= 15 is 0 Å². The first kappa shape index (κ1) is 19.5. The summed E-state index contributed by atoms with van der Waals surface area (Å²) >= 11 is 5.48. The van der Waals surface area contributed by atoms with E-state index in [1.165, 1.54) is 11.1 Å². The quantitative estimate of drug-likeness (QED) is 0.769. The Morgan fingerprint density at radius 3 is 2.79 bits per heavy atom. The van der Waals surface area contributed by atoms with Crippen molar-refractivity contribution in [1.29, 1.82) is 0 Å². The van der Waals surface area contributed by atoms with Crippen molar-refractivity contribution in [3.8, 4) is 5.75 Å². The molecule has 6 heteroatoms. The molecule has 0 aromatic heterocycles. The molecule has 3 aliphatic rings. The molecule has 2 aliphatic heterocycles. The van der Waals surface area contributed by atoms with E-state index in [4.69, 9.17) is 17.0 Å². The number of methoxy groups -OCH3 is 1. The molecule has 2 heterocycles. The summed E-state index contributed by atoms with van der Waals surface area (Å²) in [7, 11) is 1.68. The molecular formula is C22H28N2O3S. The molecule has 28 heavy (non-hydrogen) atoms. The third-order valence-corrected chi connectivity index (χ3v) is 6.84. The van der Waals surface area contributed by atoms with Gasteiger partial charge in [-0.1, -0.05) is 18.3 Å². The van der Waals surface area contributed by atoms with Crippen LogP contribution in [0.25, 0.3) is 0 Å². The van der Waals surface area contributed by atoms with Crippen LogP contribution >= 0.6 is 12.2 Å². The Kier molecular flexibility index (Phi) is 5.78. The van der Waals surface area contributed by atoms with Gasteiger partial charge in [-0.3, -0.25) is 9.59 Å². The highest BCUT2D eigenvalue weighted by Crippen LogP contribution is 2.32. The number of nitrogens with one attached hydrogen (secondary N) is 1. The van der Waals surface area contributed by atoms with Gasteiger partial charge in [0.1, 0.15) is 17.6 Å². The van der Waals surface area contributed by atoms with Crippen LogP contribution in [0.2, 0.25) is 0 Å². The van der Waals surface area contributed by atoms with E-state index in [1.807, 2.05) is 11.0 Å². The van der Waals surface area contributed by atoms with Crippen LogP contribution in [0.3, 0.4) is 0 Å². The molecule has 3 atom stereocenters. The van der Waals surface area contributed by atoms with Crippen LogP contribution in [0.1, 0.15) is 36.8 Å². The van der Waals surface area contributed by atoms with Gasteiger partial charge in [0.2, 0.25) is 5.91 Å². The summed E-state index contributed by atoms with van der Waals surface area (Å²) in [6.07, 6.45) is 5.46. The SMILES string of the molecule is COc1ccc2c(c1)CCC(CC(=O)C1C(=S)CN[C@@H]1C(=O)N1CCCC1)C2. The maximum absolute atomic E-state index is 13.1. The molecule has 5 nitrogen and oxygen atoms in total. The predicted octanol–water partition coefficient (Wildman–Crippen LogP) is 2.34. The summed E-state index contributed by atoms with van der Waals surface area (Å²) in [4.78, 5) is 28.6. The number of ether oxygens (including phenoxy) is 1. The molecule has 1 N–H and O–H groups in total. The molecule has 1 aromatic rings. The minimum Gasteiger partial charge on any atom is -0.497 e. The van der Waals surface area contributed by atoms with Crippen LogP contribution in [0.15, 0.2) is 18.2 Å². The number of likely N-dealkylation sites (tertiary alicyclic amines) is 1. The fourth-order valence-corrected chi connectivity index (χ4v) is 5.22. The summed E-state index contributed by atoms with van der Waals surface area (Å²) in [5, 5.41) is 3.21. The van der Waals surface area contributed by atoms with Crippen molar-refractivity contribution in [3.05, 3.63) is 29.3 Å². The van der Waals surface area contributed by atoms with E-state index in [2.05, 4.69) is 17.4 Å². The zero-order valence-electron chi connectivity index (χ0n) is 16.4. The maximum atomic E-state index is 13.1. The van der Waals surface area contributed by atoms with Gasteiger partial charge in [0, 0.05) is 30.9 Å². The van der Waals surface area contributed by atoms with Crippen LogP contribution in [-0.4, -0.2) is 54.2 Å². The highest BCUT2D eigenvalue weighted by molar-refractivity contribution is 7.80. The normalized spacial score (nSPS) is 27.0. The molecule has 2 unspecified atom stereocenters. The molecule has 1 amide bonds. The van der Waals surface area contributed by atoms with Gasteiger partial charge >= 0.3 is 0 Å². The molecule has 1 aromatic carbocycles. The lowest BCUT2D eigenvalue weighted by Crippen LogP contribution is -2.47. The second kappa shape index (κ2) is 8.29. The van der Waals surface area contributed by atoms with Gasteiger partial charge in [-0.2, -0.15) is 0 Å². The van der Waals surface area contributed by atoms with Crippen molar-refractivity contribution >= 4 is 28.8 Å². The fourth-order valence-electron chi connectivity index (χ4n) is 4.87. The van der Waals surface area contributed by atoms with E-state index < -0.39 is 12.0 Å². The number of fused-ring (bicyclic) bond motifs is 1. The number of thiocarbonyl (C=S) groups is 1. The summed E-state index contributed by atoms with van der Waals surface area (Å²) < 4.78 is 5.32. The highest BCUT2D eigenvalue weighted by Gasteiger charge is 2.43. The van der Waals surface area contributed by atoms with Crippen molar-refractivity contribution < 1.29 is 14.3 Å². The van der Waals surface area contributed by atoms with Crippen molar-refractivity contribution in [2.45, 2.75) is 44.6 Å². The second-order valence-electron chi connectivity index (χ2n) is 8.25. The standard InChI is InChI=1S/C22H28N2O3S/c1-27-17-7-6-15-10-14(4-5-16(15)12-17)11-18(25)20-19(28)13-23-21(20)22(26)24-8-2-3-9-24/h6-7,12,14,20-21,23H,2-5,8-11,13H2,1H3/t14?,20?,21-/m0/s1. The molecule has 2 saturated heterocycles. The first-order valence-corrected chi connectivity index (χ1v) is 10.7. The van der Waals surface area contributed by atoms with Gasteiger partial charge in [-0.05, 0) is 61.3 Å². The molecular weight excluding hydrogens is 372 g/mol. The predicted molar refractivity (Wildman–Crippen MR) is 112 cm³/mol. The number of benzene rings is 1. The zero-order chi connectivity index (χ0) is 19.7. The lowest BCUT2D eigenvalue weighted by molar-refractivity contribution is -0.135. The minimum absolute atomic E-state index is 0.0526. The van der Waals surface area contributed by atoms with Gasteiger partial charge in [0.15, 0.2) is 0 Å². The number of Topliss-reactive ketones (excluding diaryl/α,β-unsaturated/α-hetero) is 1. The van der Waals surface area contributed by atoms with E-state index in [-0.39, 0.29) is 11.7 Å². The van der Waals surface area contributed by atoms with Crippen molar-refractivity contribution in [1.82, 2.24) is 10.2 Å². The Labute approximate surface area is 171 Å². The van der Waals surface area contributed by atoms with Crippen molar-refractivity contribution in [2.75, 3.05) is 26.7 Å². The van der Waals surface area contributed by atoms with Gasteiger partial charge in [0.25, 0.3) is 0 Å². The number of hydrogen-bond donors (Lipinski definition) is 1.